The normalized spacial score (nSPS) is 11.0. The van der Waals surface area contributed by atoms with Crippen molar-refractivity contribution in [2.45, 2.75) is 31.5 Å². The van der Waals surface area contributed by atoms with Crippen LogP contribution in [0.4, 0.5) is 0 Å². The van der Waals surface area contributed by atoms with Gasteiger partial charge in [-0.2, -0.15) is 0 Å². The number of nitrogens with zero attached hydrogens (tertiary/aromatic N) is 3. The SMILES string of the molecule is CCn1c(=O)c(=O)n(Cc2ccc(C(=O)NCc3ccc(SC)cc3)cc2)c2cccnc21. The van der Waals surface area contributed by atoms with Crippen molar-refractivity contribution in [3.63, 3.8) is 0 Å². The van der Waals surface area contributed by atoms with Gasteiger partial charge < -0.3 is 5.32 Å². The molecule has 0 aliphatic rings. The number of hydrogen-bond donors (Lipinski definition) is 1. The zero-order valence-electron chi connectivity index (χ0n) is 18.4. The standard InChI is InChI=1S/C25H24N4O3S/c1-3-28-22-21(5-4-14-26-22)29(25(32)24(28)31)16-18-6-10-19(11-7-18)23(30)27-15-17-8-12-20(33-2)13-9-17/h4-14H,3,15-16H2,1-2H3,(H,27,30). The molecule has 4 aromatic rings. The van der Waals surface area contributed by atoms with E-state index in [1.807, 2.05) is 37.4 Å². The van der Waals surface area contributed by atoms with Crippen molar-refractivity contribution in [1.82, 2.24) is 19.4 Å². The Balaban J connectivity index is 1.51. The van der Waals surface area contributed by atoms with Crippen LogP contribution in [0.1, 0.15) is 28.4 Å². The van der Waals surface area contributed by atoms with Crippen LogP contribution in [-0.2, 0) is 19.6 Å². The summed E-state index contributed by atoms with van der Waals surface area (Å²) in [6, 6.07) is 18.6. The van der Waals surface area contributed by atoms with E-state index in [2.05, 4.69) is 10.3 Å². The Hall–Kier alpha value is -3.65. The van der Waals surface area contributed by atoms with E-state index in [-0.39, 0.29) is 12.5 Å². The lowest BCUT2D eigenvalue weighted by Gasteiger charge is -2.13. The molecular formula is C25H24N4O3S. The van der Waals surface area contributed by atoms with Gasteiger partial charge in [-0.15, -0.1) is 11.8 Å². The lowest BCUT2D eigenvalue weighted by atomic mass is 10.1. The summed E-state index contributed by atoms with van der Waals surface area (Å²) in [6.07, 6.45) is 3.63. The molecule has 168 valence electrons. The van der Waals surface area contributed by atoms with Crippen LogP contribution in [0.2, 0.25) is 0 Å². The van der Waals surface area contributed by atoms with Gasteiger partial charge in [-0.25, -0.2) is 4.98 Å². The Kier molecular flexibility index (Phi) is 6.74. The van der Waals surface area contributed by atoms with Gasteiger partial charge in [-0.3, -0.25) is 23.5 Å². The third-order valence-corrected chi connectivity index (χ3v) is 6.21. The fourth-order valence-corrected chi connectivity index (χ4v) is 4.07. The Morgan fingerprint density at radius 3 is 2.27 bits per heavy atom. The number of nitrogens with one attached hydrogen (secondary N) is 1. The van der Waals surface area contributed by atoms with E-state index in [1.165, 1.54) is 14.0 Å². The van der Waals surface area contributed by atoms with Crippen molar-refractivity contribution in [1.29, 1.82) is 0 Å². The smallest absolute Gasteiger partial charge is 0.318 e. The molecule has 2 heterocycles. The highest BCUT2D eigenvalue weighted by Crippen LogP contribution is 2.15. The van der Waals surface area contributed by atoms with E-state index in [1.54, 1.807) is 54.4 Å². The first kappa shape index (κ1) is 22.5. The van der Waals surface area contributed by atoms with Crippen molar-refractivity contribution in [2.75, 3.05) is 6.26 Å². The quantitative estimate of drug-likeness (QED) is 0.338. The molecule has 0 fully saturated rings. The molecule has 0 aliphatic heterocycles. The maximum Gasteiger partial charge on any atom is 0.318 e. The minimum atomic E-state index is -0.592. The second kappa shape index (κ2) is 9.87. The summed E-state index contributed by atoms with van der Waals surface area (Å²) in [6.45, 7) is 2.83. The lowest BCUT2D eigenvalue weighted by Crippen LogP contribution is -2.41. The Morgan fingerprint density at radius 2 is 1.61 bits per heavy atom. The number of aromatic nitrogens is 3. The van der Waals surface area contributed by atoms with Crippen molar-refractivity contribution in [3.05, 3.63) is 104 Å². The zero-order chi connectivity index (χ0) is 23.4. The molecule has 4 rings (SSSR count). The van der Waals surface area contributed by atoms with Crippen LogP contribution >= 0.6 is 11.8 Å². The second-order valence-electron chi connectivity index (χ2n) is 7.51. The number of pyridine rings is 1. The number of carbonyl (C=O) groups excluding carboxylic acids is 1. The van der Waals surface area contributed by atoms with E-state index in [4.69, 9.17) is 0 Å². The van der Waals surface area contributed by atoms with Crippen LogP contribution in [0.3, 0.4) is 0 Å². The van der Waals surface area contributed by atoms with Crippen molar-refractivity contribution < 1.29 is 4.79 Å². The van der Waals surface area contributed by atoms with Gasteiger partial charge in [-0.05, 0) is 60.7 Å². The molecule has 0 saturated carbocycles. The molecule has 7 nitrogen and oxygen atoms in total. The summed E-state index contributed by atoms with van der Waals surface area (Å²) in [5.41, 5.74) is 2.25. The molecule has 8 heteroatoms. The summed E-state index contributed by atoms with van der Waals surface area (Å²) in [5.74, 6) is -0.173. The molecule has 0 unspecified atom stereocenters. The number of carbonyl (C=O) groups is 1. The monoisotopic (exact) mass is 460 g/mol. The molecule has 0 atom stereocenters. The van der Waals surface area contributed by atoms with Crippen LogP contribution in [0.25, 0.3) is 11.2 Å². The van der Waals surface area contributed by atoms with Gasteiger partial charge in [0.15, 0.2) is 5.65 Å². The predicted molar refractivity (Wildman–Crippen MR) is 131 cm³/mol. The van der Waals surface area contributed by atoms with Crippen LogP contribution in [0.5, 0.6) is 0 Å². The van der Waals surface area contributed by atoms with Gasteiger partial charge in [0, 0.05) is 29.7 Å². The van der Waals surface area contributed by atoms with Gasteiger partial charge in [-0.1, -0.05) is 24.3 Å². The molecule has 2 aromatic carbocycles. The van der Waals surface area contributed by atoms with Gasteiger partial charge >= 0.3 is 11.1 Å². The average Bonchev–Trinajstić information content (AvgIpc) is 2.86. The second-order valence-corrected chi connectivity index (χ2v) is 8.39. The van der Waals surface area contributed by atoms with Crippen molar-refractivity contribution >= 4 is 28.8 Å². The number of hydrogen-bond acceptors (Lipinski definition) is 5. The molecule has 2 aromatic heterocycles. The van der Waals surface area contributed by atoms with Crippen LogP contribution in [-0.4, -0.2) is 26.3 Å². The van der Waals surface area contributed by atoms with Crippen molar-refractivity contribution in [3.8, 4) is 0 Å². The fraction of sp³-hybridized carbons (Fsp3) is 0.200. The van der Waals surface area contributed by atoms with Crippen molar-refractivity contribution in [2.24, 2.45) is 0 Å². The van der Waals surface area contributed by atoms with Crippen LogP contribution in [0, 0.1) is 0 Å². The number of benzene rings is 2. The molecule has 0 bridgehead atoms. The van der Waals surface area contributed by atoms with E-state index in [0.29, 0.717) is 29.8 Å². The zero-order valence-corrected chi connectivity index (χ0v) is 19.3. The molecule has 0 radical (unpaired) electrons. The van der Waals surface area contributed by atoms with Gasteiger partial charge in [0.2, 0.25) is 0 Å². The van der Waals surface area contributed by atoms with Crippen LogP contribution < -0.4 is 16.4 Å². The maximum atomic E-state index is 12.7. The van der Waals surface area contributed by atoms with Gasteiger partial charge in [0.05, 0.1) is 12.1 Å². The fourth-order valence-electron chi connectivity index (χ4n) is 3.67. The maximum absolute atomic E-state index is 12.7. The third kappa shape index (κ3) is 4.75. The summed E-state index contributed by atoms with van der Waals surface area (Å²) >= 11 is 1.67. The first-order valence-corrected chi connectivity index (χ1v) is 11.8. The number of aryl methyl sites for hydroxylation is 1. The molecule has 33 heavy (non-hydrogen) atoms. The Bertz CT molecular complexity index is 1410. The lowest BCUT2D eigenvalue weighted by molar-refractivity contribution is 0.0951. The largest absolute Gasteiger partial charge is 0.348 e. The number of thioether (sulfide) groups is 1. The Labute approximate surface area is 195 Å². The number of amides is 1. The topological polar surface area (TPSA) is 86.0 Å². The highest BCUT2D eigenvalue weighted by atomic mass is 32.2. The molecule has 1 N–H and O–H groups in total. The molecule has 0 aliphatic carbocycles. The highest BCUT2D eigenvalue weighted by molar-refractivity contribution is 7.98. The van der Waals surface area contributed by atoms with E-state index < -0.39 is 11.1 Å². The summed E-state index contributed by atoms with van der Waals surface area (Å²) in [5, 5.41) is 2.92. The van der Waals surface area contributed by atoms with E-state index in [9.17, 15) is 14.4 Å². The first-order valence-electron chi connectivity index (χ1n) is 10.6. The number of rotatable bonds is 7. The highest BCUT2D eigenvalue weighted by Gasteiger charge is 2.13. The van der Waals surface area contributed by atoms with Gasteiger partial charge in [0.1, 0.15) is 0 Å². The van der Waals surface area contributed by atoms with E-state index >= 15 is 0 Å². The minimum absolute atomic E-state index is 0.173. The number of fused-ring (bicyclic) bond motifs is 1. The van der Waals surface area contributed by atoms with E-state index in [0.717, 1.165) is 11.1 Å². The average molecular weight is 461 g/mol. The molecule has 0 spiro atoms. The summed E-state index contributed by atoms with van der Waals surface area (Å²) in [4.78, 5) is 43.3. The van der Waals surface area contributed by atoms with Gasteiger partial charge in [0.25, 0.3) is 5.91 Å². The summed E-state index contributed by atoms with van der Waals surface area (Å²) in [7, 11) is 0. The predicted octanol–water partition coefficient (Wildman–Crippen LogP) is 3.28. The molecule has 0 saturated heterocycles. The minimum Gasteiger partial charge on any atom is -0.348 e. The Morgan fingerprint density at radius 1 is 0.939 bits per heavy atom. The first-order chi connectivity index (χ1) is 16.0. The molecular weight excluding hydrogens is 436 g/mol. The molecule has 1 amide bonds. The third-order valence-electron chi connectivity index (χ3n) is 5.47. The van der Waals surface area contributed by atoms with Crippen LogP contribution in [0.15, 0.2) is 81.3 Å². The summed E-state index contributed by atoms with van der Waals surface area (Å²) < 4.78 is 2.82.